The number of carbonyl (C=O) groups excluding carboxylic acids is 1. The fraction of sp³-hybridized carbons (Fsp3) is 0.0435. The predicted octanol–water partition coefficient (Wildman–Crippen LogP) is 6.72. The molecule has 0 aliphatic carbocycles. The van der Waals surface area contributed by atoms with Crippen LogP contribution in [0, 0.1) is 20.2 Å². The van der Waals surface area contributed by atoms with Gasteiger partial charge < -0.3 is 4.74 Å². The maximum Gasteiger partial charge on any atom is 0.416 e. The lowest BCUT2D eigenvalue weighted by Crippen LogP contribution is -2.27. The first-order chi connectivity index (χ1) is 17.5. The van der Waals surface area contributed by atoms with E-state index in [2.05, 4.69) is 0 Å². The Balaban J connectivity index is 1.67. The highest BCUT2D eigenvalue weighted by Crippen LogP contribution is 2.40. The summed E-state index contributed by atoms with van der Waals surface area (Å²) in [5.74, 6) is -0.845. The standard InChI is InChI=1S/C23H12F3N3O6S2/c24-23(25,26)14-5-3-6-15(11-14)27-21(30)20(37-22(27)36)10-13-4-1-2-7-18(13)35-19-9-8-16(28(31)32)12-17(19)29(33)34/h1-12H/b20-10+. The van der Waals surface area contributed by atoms with Gasteiger partial charge in [-0.15, -0.1) is 0 Å². The van der Waals surface area contributed by atoms with Gasteiger partial charge in [0.25, 0.3) is 11.6 Å². The normalized spacial score (nSPS) is 14.8. The molecular weight excluding hydrogens is 535 g/mol. The molecule has 0 unspecified atom stereocenters. The molecule has 4 rings (SSSR count). The van der Waals surface area contributed by atoms with Crippen molar-refractivity contribution < 1.29 is 32.5 Å². The number of alkyl halides is 3. The molecular formula is C23H12F3N3O6S2. The molecule has 188 valence electrons. The van der Waals surface area contributed by atoms with E-state index in [1.165, 1.54) is 24.3 Å². The highest BCUT2D eigenvalue weighted by Gasteiger charge is 2.36. The average Bonchev–Trinajstić information content (AvgIpc) is 3.12. The first-order valence-electron chi connectivity index (χ1n) is 10.1. The number of ether oxygens (including phenoxy) is 1. The van der Waals surface area contributed by atoms with Gasteiger partial charge in [0.05, 0.1) is 32.1 Å². The van der Waals surface area contributed by atoms with E-state index in [9.17, 15) is 38.2 Å². The molecule has 1 aliphatic rings. The molecule has 1 fully saturated rings. The van der Waals surface area contributed by atoms with Crippen LogP contribution in [-0.4, -0.2) is 20.1 Å². The molecule has 3 aromatic rings. The van der Waals surface area contributed by atoms with Crippen LogP contribution in [0.15, 0.2) is 71.6 Å². The Bertz CT molecular complexity index is 1490. The highest BCUT2D eigenvalue weighted by molar-refractivity contribution is 8.27. The summed E-state index contributed by atoms with van der Waals surface area (Å²) in [6, 6.07) is 13.3. The van der Waals surface area contributed by atoms with Crippen LogP contribution in [0.5, 0.6) is 11.5 Å². The van der Waals surface area contributed by atoms with Gasteiger partial charge in [-0.05, 0) is 36.4 Å². The van der Waals surface area contributed by atoms with Crippen LogP contribution in [0.3, 0.4) is 0 Å². The van der Waals surface area contributed by atoms with Crippen molar-refractivity contribution in [3.63, 3.8) is 0 Å². The third-order valence-electron chi connectivity index (χ3n) is 5.00. The van der Waals surface area contributed by atoms with Crippen molar-refractivity contribution in [1.82, 2.24) is 0 Å². The third kappa shape index (κ3) is 5.44. The zero-order valence-electron chi connectivity index (χ0n) is 18.2. The van der Waals surface area contributed by atoms with Crippen LogP contribution in [0.1, 0.15) is 11.1 Å². The number of halogens is 3. The van der Waals surface area contributed by atoms with Crippen LogP contribution in [-0.2, 0) is 11.0 Å². The van der Waals surface area contributed by atoms with E-state index >= 15 is 0 Å². The van der Waals surface area contributed by atoms with Crippen LogP contribution >= 0.6 is 24.0 Å². The topological polar surface area (TPSA) is 116 Å². The summed E-state index contributed by atoms with van der Waals surface area (Å²) in [7, 11) is 0. The third-order valence-corrected chi connectivity index (χ3v) is 6.30. The van der Waals surface area contributed by atoms with Crippen LogP contribution in [0.4, 0.5) is 30.2 Å². The number of nitro groups is 2. The number of para-hydroxylation sites is 1. The largest absolute Gasteiger partial charge is 0.449 e. The monoisotopic (exact) mass is 547 g/mol. The predicted molar refractivity (Wildman–Crippen MR) is 133 cm³/mol. The second-order valence-corrected chi connectivity index (χ2v) is 9.05. The molecule has 14 heteroatoms. The number of anilines is 1. The minimum absolute atomic E-state index is 0.0139. The van der Waals surface area contributed by atoms with Crippen LogP contribution < -0.4 is 9.64 Å². The molecule has 1 saturated heterocycles. The summed E-state index contributed by atoms with van der Waals surface area (Å²) in [6.45, 7) is 0. The molecule has 0 aromatic heterocycles. The Hall–Kier alpha value is -4.30. The first-order valence-corrected chi connectivity index (χ1v) is 11.3. The van der Waals surface area contributed by atoms with Gasteiger partial charge >= 0.3 is 11.9 Å². The van der Waals surface area contributed by atoms with Gasteiger partial charge in [-0.2, -0.15) is 13.2 Å². The number of non-ortho nitro benzene ring substituents is 1. The van der Waals surface area contributed by atoms with Crippen LogP contribution in [0.25, 0.3) is 6.08 Å². The molecule has 0 bridgehead atoms. The minimum Gasteiger partial charge on any atom is -0.449 e. The Morgan fingerprint density at radius 2 is 1.68 bits per heavy atom. The molecule has 0 N–H and O–H groups in total. The van der Waals surface area contributed by atoms with Crippen molar-refractivity contribution in [1.29, 1.82) is 0 Å². The SMILES string of the molecule is O=C1/C(=C\c2ccccc2Oc2ccc([N+](=O)[O-])cc2[N+](=O)[O-])SC(=S)N1c1cccc(C(F)(F)F)c1. The van der Waals surface area contributed by atoms with E-state index in [1.54, 1.807) is 18.2 Å². The second-order valence-electron chi connectivity index (χ2n) is 7.37. The average molecular weight is 547 g/mol. The summed E-state index contributed by atoms with van der Waals surface area (Å²) in [4.78, 5) is 34.9. The van der Waals surface area contributed by atoms with Crippen LogP contribution in [0.2, 0.25) is 0 Å². The maximum atomic E-state index is 13.1. The molecule has 1 heterocycles. The maximum absolute atomic E-state index is 13.1. The van der Waals surface area contributed by atoms with E-state index in [4.69, 9.17) is 17.0 Å². The molecule has 3 aromatic carbocycles. The number of amides is 1. The Kier molecular flexibility index (Phi) is 6.96. The second kappa shape index (κ2) is 9.99. The Labute approximate surface area is 215 Å². The highest BCUT2D eigenvalue weighted by atomic mass is 32.2. The summed E-state index contributed by atoms with van der Waals surface area (Å²) in [6.07, 6.45) is -3.22. The van der Waals surface area contributed by atoms with Crippen molar-refractivity contribution in [3.05, 3.63) is 103 Å². The zero-order chi connectivity index (χ0) is 26.9. The molecule has 0 spiro atoms. The van der Waals surface area contributed by atoms with E-state index < -0.39 is 38.9 Å². The van der Waals surface area contributed by atoms with E-state index in [-0.39, 0.29) is 26.4 Å². The number of rotatable bonds is 6. The fourth-order valence-electron chi connectivity index (χ4n) is 3.31. The van der Waals surface area contributed by atoms with Gasteiger partial charge in [-0.3, -0.25) is 29.9 Å². The summed E-state index contributed by atoms with van der Waals surface area (Å²) in [5, 5.41) is 22.4. The number of thioether (sulfide) groups is 1. The van der Waals surface area contributed by atoms with Crippen molar-refractivity contribution in [2.45, 2.75) is 6.18 Å². The summed E-state index contributed by atoms with van der Waals surface area (Å²) >= 11 is 6.09. The van der Waals surface area contributed by atoms with Gasteiger partial charge in [-0.25, -0.2) is 0 Å². The molecule has 1 aliphatic heterocycles. The quantitative estimate of drug-likeness (QED) is 0.145. The number of hydrogen-bond donors (Lipinski definition) is 0. The van der Waals surface area contributed by atoms with Gasteiger partial charge in [0, 0.05) is 11.6 Å². The van der Waals surface area contributed by atoms with Gasteiger partial charge in [-0.1, -0.05) is 48.2 Å². The van der Waals surface area contributed by atoms with Crippen molar-refractivity contribution in [3.8, 4) is 11.5 Å². The molecule has 0 radical (unpaired) electrons. The zero-order valence-corrected chi connectivity index (χ0v) is 19.8. The molecule has 9 nitrogen and oxygen atoms in total. The number of hydrogen-bond acceptors (Lipinski definition) is 8. The number of nitrogens with zero attached hydrogens (tertiary/aromatic N) is 3. The first kappa shape index (κ1) is 25.8. The smallest absolute Gasteiger partial charge is 0.416 e. The Morgan fingerprint density at radius 3 is 2.35 bits per heavy atom. The number of thiocarbonyl (C=S) groups is 1. The van der Waals surface area contributed by atoms with Gasteiger partial charge in [0.1, 0.15) is 5.75 Å². The summed E-state index contributed by atoms with van der Waals surface area (Å²) < 4.78 is 45.1. The van der Waals surface area contributed by atoms with Crippen molar-refractivity contribution in [2.24, 2.45) is 0 Å². The van der Waals surface area contributed by atoms with E-state index in [0.717, 1.165) is 47.0 Å². The lowest BCUT2D eigenvalue weighted by molar-refractivity contribution is -0.394. The van der Waals surface area contributed by atoms with E-state index in [1.807, 2.05) is 0 Å². The Morgan fingerprint density at radius 1 is 0.946 bits per heavy atom. The number of nitro benzene ring substituents is 2. The lowest BCUT2D eigenvalue weighted by atomic mass is 10.1. The number of carbonyl (C=O) groups is 1. The van der Waals surface area contributed by atoms with Gasteiger partial charge in [0.2, 0.25) is 5.75 Å². The molecule has 37 heavy (non-hydrogen) atoms. The number of benzene rings is 3. The molecule has 1 amide bonds. The summed E-state index contributed by atoms with van der Waals surface area (Å²) in [5.41, 5.74) is -1.82. The van der Waals surface area contributed by atoms with Gasteiger partial charge in [0.15, 0.2) is 4.32 Å². The van der Waals surface area contributed by atoms with E-state index in [0.29, 0.717) is 5.56 Å². The van der Waals surface area contributed by atoms with Crippen molar-refractivity contribution >= 4 is 57.3 Å². The fourth-order valence-corrected chi connectivity index (χ4v) is 4.60. The molecule has 0 saturated carbocycles. The molecule has 0 atom stereocenters. The van der Waals surface area contributed by atoms with Crippen molar-refractivity contribution in [2.75, 3.05) is 4.90 Å². The lowest BCUT2D eigenvalue weighted by Gasteiger charge is -2.16. The minimum atomic E-state index is -4.61.